The number of hydrogen-bond acceptors (Lipinski definition) is 3. The highest BCUT2D eigenvalue weighted by Gasteiger charge is 2.30. The molecule has 0 radical (unpaired) electrons. The lowest BCUT2D eigenvalue weighted by Gasteiger charge is -2.12. The summed E-state index contributed by atoms with van der Waals surface area (Å²) in [7, 11) is 3.41. The molecule has 0 spiro atoms. The second-order valence-corrected chi connectivity index (χ2v) is 7.51. The Morgan fingerprint density at radius 3 is 2.60 bits per heavy atom. The third-order valence-corrected chi connectivity index (χ3v) is 6.08. The molecule has 1 saturated heterocycles. The van der Waals surface area contributed by atoms with Crippen LogP contribution in [0.25, 0.3) is 11.8 Å². The molecule has 0 atom stereocenters. The van der Waals surface area contributed by atoms with Crippen LogP contribution in [0.5, 0.6) is 0 Å². The monoisotopic (exact) mass is 393 g/mol. The Morgan fingerprint density at radius 2 is 1.96 bits per heavy atom. The van der Waals surface area contributed by atoms with Crippen molar-refractivity contribution in [2.75, 3.05) is 14.1 Å². The molecular weight excluding hydrogens is 377 g/mol. The minimum absolute atomic E-state index is 0.0452. The van der Waals surface area contributed by atoms with Gasteiger partial charge in [-0.3, -0.25) is 14.7 Å². The van der Waals surface area contributed by atoms with Gasteiger partial charge in [0, 0.05) is 25.5 Å². The molecule has 1 aromatic carbocycles. The number of nitrogens with zero attached hydrogens (tertiary/aromatic N) is 3. The number of thioether (sulfide) groups is 1. The first kappa shape index (κ1) is 18.1. The van der Waals surface area contributed by atoms with E-state index in [9.17, 15) is 4.79 Å². The fourth-order valence-electron chi connectivity index (χ4n) is 2.86. The van der Waals surface area contributed by atoms with Crippen molar-refractivity contribution >= 4 is 52.1 Å². The fraction of sp³-hybridized carbons (Fsp3) is 0.222. The summed E-state index contributed by atoms with van der Waals surface area (Å²) in [5, 5.41) is 1.72. The van der Waals surface area contributed by atoms with Crippen molar-refractivity contribution < 1.29 is 4.79 Å². The number of rotatable bonds is 2. The number of benzene rings is 1. The highest BCUT2D eigenvalue weighted by Crippen LogP contribution is 2.35. The molecule has 0 saturated carbocycles. The van der Waals surface area contributed by atoms with Crippen molar-refractivity contribution in [2.45, 2.75) is 13.8 Å². The molecular formula is C18H17Cl2N3OS. The number of carbonyl (C=O) groups excluding carboxylic acids is 1. The minimum Gasteiger partial charge on any atom is -0.316 e. The van der Waals surface area contributed by atoms with Gasteiger partial charge in [0.15, 0.2) is 5.17 Å². The number of hydrogen-bond donors (Lipinski definition) is 0. The van der Waals surface area contributed by atoms with Gasteiger partial charge >= 0.3 is 0 Å². The topological polar surface area (TPSA) is 37.6 Å². The lowest BCUT2D eigenvalue weighted by Crippen LogP contribution is -2.23. The molecule has 1 aliphatic heterocycles. The third-order valence-electron chi connectivity index (χ3n) is 4.12. The van der Waals surface area contributed by atoms with Gasteiger partial charge in [-0.05, 0) is 55.4 Å². The summed E-state index contributed by atoms with van der Waals surface area (Å²) in [6.45, 7) is 4.00. The normalized spacial score (nSPS) is 18.0. The average molecular weight is 394 g/mol. The molecule has 130 valence electrons. The summed E-state index contributed by atoms with van der Waals surface area (Å²) in [5.41, 5.74) is 3.80. The molecule has 25 heavy (non-hydrogen) atoms. The van der Waals surface area contributed by atoms with Gasteiger partial charge in [-0.1, -0.05) is 29.3 Å². The molecule has 2 heterocycles. The Hall–Kier alpha value is -1.69. The van der Waals surface area contributed by atoms with Gasteiger partial charge in [-0.25, -0.2) is 0 Å². The van der Waals surface area contributed by atoms with Gasteiger partial charge < -0.3 is 4.57 Å². The molecule has 1 amide bonds. The smallest absolute Gasteiger partial charge is 0.266 e. The van der Waals surface area contributed by atoms with Gasteiger partial charge in [-0.2, -0.15) is 0 Å². The van der Waals surface area contributed by atoms with E-state index < -0.39 is 0 Å². The number of aliphatic imine (C=N–C) groups is 1. The molecule has 1 aliphatic rings. The van der Waals surface area contributed by atoms with Crippen LogP contribution < -0.4 is 0 Å². The third kappa shape index (κ3) is 3.12. The summed E-state index contributed by atoms with van der Waals surface area (Å²) < 4.78 is 2.04. The standard InChI is InChI=1S/C18H17Cl2N3OS/c1-10-8-12(9-15-17(24)22(4)18(21-3)25-15)11(2)23(10)14-7-5-6-13(19)16(14)20/h5-9H,1-4H3/b15-9-,21-18?. The first-order chi connectivity index (χ1) is 11.8. The number of amidine groups is 1. The zero-order valence-electron chi connectivity index (χ0n) is 14.3. The summed E-state index contributed by atoms with van der Waals surface area (Å²) in [6, 6.07) is 7.60. The molecule has 2 aromatic rings. The van der Waals surface area contributed by atoms with E-state index >= 15 is 0 Å². The highest BCUT2D eigenvalue weighted by atomic mass is 35.5. The second-order valence-electron chi connectivity index (χ2n) is 5.72. The number of halogens is 2. The van der Waals surface area contributed by atoms with Gasteiger partial charge in [0.2, 0.25) is 0 Å². The Balaban J connectivity index is 2.09. The molecule has 3 rings (SSSR count). The molecule has 0 N–H and O–H groups in total. The summed E-state index contributed by atoms with van der Waals surface area (Å²) in [5.74, 6) is -0.0452. The molecule has 0 unspecified atom stereocenters. The van der Waals surface area contributed by atoms with Crippen molar-refractivity contribution in [3.8, 4) is 5.69 Å². The summed E-state index contributed by atoms with van der Waals surface area (Å²) >= 11 is 13.9. The van der Waals surface area contributed by atoms with Crippen LogP contribution in [0.2, 0.25) is 10.0 Å². The van der Waals surface area contributed by atoms with Crippen molar-refractivity contribution in [2.24, 2.45) is 4.99 Å². The molecule has 1 fully saturated rings. The maximum atomic E-state index is 12.4. The van der Waals surface area contributed by atoms with Crippen LogP contribution >= 0.6 is 35.0 Å². The van der Waals surface area contributed by atoms with Crippen molar-refractivity contribution in [1.82, 2.24) is 9.47 Å². The van der Waals surface area contributed by atoms with Crippen LogP contribution in [0, 0.1) is 13.8 Å². The van der Waals surface area contributed by atoms with E-state index in [1.54, 1.807) is 25.1 Å². The lowest BCUT2D eigenvalue weighted by molar-refractivity contribution is -0.121. The number of carbonyl (C=O) groups is 1. The zero-order chi connectivity index (χ0) is 18.3. The largest absolute Gasteiger partial charge is 0.316 e. The minimum atomic E-state index is -0.0452. The Kier molecular flexibility index (Phi) is 5.00. The van der Waals surface area contributed by atoms with Crippen LogP contribution in [0.3, 0.4) is 0 Å². The van der Waals surface area contributed by atoms with Crippen molar-refractivity contribution in [3.63, 3.8) is 0 Å². The van der Waals surface area contributed by atoms with E-state index in [-0.39, 0.29) is 5.91 Å². The Morgan fingerprint density at radius 1 is 1.24 bits per heavy atom. The fourth-order valence-corrected chi connectivity index (χ4v) is 4.16. The van der Waals surface area contributed by atoms with Crippen LogP contribution in [0.4, 0.5) is 0 Å². The van der Waals surface area contributed by atoms with E-state index in [0.717, 1.165) is 22.6 Å². The molecule has 4 nitrogen and oxygen atoms in total. The first-order valence-electron chi connectivity index (χ1n) is 7.63. The van der Waals surface area contributed by atoms with E-state index in [1.807, 2.05) is 42.7 Å². The second kappa shape index (κ2) is 6.90. The number of amides is 1. The zero-order valence-corrected chi connectivity index (χ0v) is 16.6. The quantitative estimate of drug-likeness (QED) is 0.678. The SMILES string of the molecule is CN=C1S/C(=C\c2cc(C)n(-c3cccc(Cl)c3Cl)c2C)C(=O)N1C. The van der Waals surface area contributed by atoms with Crippen molar-refractivity contribution in [3.05, 3.63) is 56.2 Å². The van der Waals surface area contributed by atoms with Crippen LogP contribution in [0.15, 0.2) is 34.2 Å². The number of aryl methyl sites for hydroxylation is 1. The molecule has 0 bridgehead atoms. The number of likely N-dealkylation sites (N-methyl/N-ethyl adjacent to an activating group) is 1. The summed E-state index contributed by atoms with van der Waals surface area (Å²) in [4.78, 5) is 18.7. The van der Waals surface area contributed by atoms with E-state index in [1.165, 1.54) is 11.8 Å². The Labute approximate surface area is 161 Å². The number of aromatic nitrogens is 1. The van der Waals surface area contributed by atoms with Gasteiger partial charge in [0.25, 0.3) is 5.91 Å². The first-order valence-corrected chi connectivity index (χ1v) is 9.20. The van der Waals surface area contributed by atoms with Gasteiger partial charge in [0.05, 0.1) is 20.6 Å². The maximum absolute atomic E-state index is 12.4. The molecule has 0 aliphatic carbocycles. The average Bonchev–Trinajstić information content (AvgIpc) is 3.01. The predicted molar refractivity (Wildman–Crippen MR) is 107 cm³/mol. The lowest BCUT2D eigenvalue weighted by atomic mass is 10.2. The predicted octanol–water partition coefficient (Wildman–Crippen LogP) is 4.93. The van der Waals surface area contributed by atoms with Gasteiger partial charge in [-0.15, -0.1) is 0 Å². The molecule has 7 heteroatoms. The molecule has 1 aromatic heterocycles. The maximum Gasteiger partial charge on any atom is 0.266 e. The Bertz CT molecular complexity index is 931. The van der Waals surface area contributed by atoms with Crippen LogP contribution in [0.1, 0.15) is 17.0 Å². The highest BCUT2D eigenvalue weighted by molar-refractivity contribution is 8.18. The van der Waals surface area contributed by atoms with E-state index in [4.69, 9.17) is 23.2 Å². The van der Waals surface area contributed by atoms with Crippen LogP contribution in [-0.2, 0) is 4.79 Å². The van der Waals surface area contributed by atoms with E-state index in [2.05, 4.69) is 4.99 Å². The summed E-state index contributed by atoms with van der Waals surface area (Å²) in [6.07, 6.45) is 1.90. The van der Waals surface area contributed by atoms with E-state index in [0.29, 0.717) is 20.1 Å². The van der Waals surface area contributed by atoms with Crippen LogP contribution in [-0.4, -0.2) is 34.6 Å². The van der Waals surface area contributed by atoms with Gasteiger partial charge in [0.1, 0.15) is 0 Å². The van der Waals surface area contributed by atoms with Crippen molar-refractivity contribution in [1.29, 1.82) is 0 Å².